The highest BCUT2D eigenvalue weighted by Gasteiger charge is 2.26. The number of hydrogen-bond donors (Lipinski definition) is 2. The molecule has 0 aromatic carbocycles. The fourth-order valence-electron chi connectivity index (χ4n) is 1.63. The number of nitrogens with zero attached hydrogens (tertiary/aromatic N) is 1. The van der Waals surface area contributed by atoms with Crippen molar-refractivity contribution in [1.29, 1.82) is 0 Å². The number of rotatable bonds is 5. The molecule has 1 aliphatic heterocycles. The largest absolute Gasteiger partial charge is 0.393 e. The lowest BCUT2D eigenvalue weighted by atomic mass is 10.1. The van der Waals surface area contributed by atoms with Crippen LogP contribution in [0, 0.1) is 0 Å². The number of hydrogen-bond acceptors (Lipinski definition) is 4. The quantitative estimate of drug-likeness (QED) is 0.624. The number of piperidine rings is 1. The molecule has 1 heterocycles. The summed E-state index contributed by atoms with van der Waals surface area (Å²) in [7, 11) is -3.12. The van der Waals surface area contributed by atoms with Crippen molar-refractivity contribution >= 4 is 10.0 Å². The normalized spacial score (nSPS) is 20.7. The second-order valence-corrected chi connectivity index (χ2v) is 5.89. The van der Waals surface area contributed by atoms with E-state index in [-0.39, 0.29) is 11.9 Å². The minimum absolute atomic E-state index is 0.150. The zero-order chi connectivity index (χ0) is 11.3. The lowest BCUT2D eigenvalue weighted by Crippen LogP contribution is -2.42. The first-order chi connectivity index (χ1) is 7.06. The van der Waals surface area contributed by atoms with E-state index < -0.39 is 10.0 Å². The Morgan fingerprint density at radius 1 is 1.40 bits per heavy atom. The average Bonchev–Trinajstić information content (AvgIpc) is 2.18. The predicted molar refractivity (Wildman–Crippen MR) is 59.1 cm³/mol. The standard InChI is InChI=1S/C9H20N2O3S/c1-2-10-5-8-15(13,14)11-6-3-9(12)4-7-11/h9-10,12H,2-8H2,1H3. The van der Waals surface area contributed by atoms with E-state index in [1.54, 1.807) is 0 Å². The molecule has 5 nitrogen and oxygen atoms in total. The summed E-state index contributed by atoms with van der Waals surface area (Å²) in [5.74, 6) is 0.150. The molecule has 1 aliphatic rings. The van der Waals surface area contributed by atoms with Gasteiger partial charge in [-0.15, -0.1) is 0 Å². The summed E-state index contributed by atoms with van der Waals surface area (Å²) in [6.45, 7) is 4.14. The SMILES string of the molecule is CCNCCS(=O)(=O)N1CCC(O)CC1. The molecule has 90 valence electrons. The second-order valence-electron chi connectivity index (χ2n) is 3.80. The van der Waals surface area contributed by atoms with Crippen LogP contribution in [0.1, 0.15) is 19.8 Å². The van der Waals surface area contributed by atoms with E-state index in [4.69, 9.17) is 0 Å². The van der Waals surface area contributed by atoms with E-state index in [9.17, 15) is 13.5 Å². The summed E-state index contributed by atoms with van der Waals surface area (Å²) in [4.78, 5) is 0. The van der Waals surface area contributed by atoms with Crippen molar-refractivity contribution in [3.05, 3.63) is 0 Å². The van der Waals surface area contributed by atoms with Crippen LogP contribution >= 0.6 is 0 Å². The van der Waals surface area contributed by atoms with Gasteiger partial charge in [-0.1, -0.05) is 6.92 Å². The maximum absolute atomic E-state index is 11.8. The van der Waals surface area contributed by atoms with Gasteiger partial charge in [0.25, 0.3) is 0 Å². The van der Waals surface area contributed by atoms with Crippen LogP contribution in [0.3, 0.4) is 0 Å². The highest BCUT2D eigenvalue weighted by Crippen LogP contribution is 2.13. The van der Waals surface area contributed by atoms with Gasteiger partial charge in [0.15, 0.2) is 0 Å². The van der Waals surface area contributed by atoms with Gasteiger partial charge in [0.2, 0.25) is 10.0 Å². The third-order valence-corrected chi connectivity index (χ3v) is 4.48. The highest BCUT2D eigenvalue weighted by molar-refractivity contribution is 7.89. The Morgan fingerprint density at radius 2 is 2.00 bits per heavy atom. The van der Waals surface area contributed by atoms with Crippen molar-refractivity contribution < 1.29 is 13.5 Å². The van der Waals surface area contributed by atoms with Crippen molar-refractivity contribution in [2.45, 2.75) is 25.9 Å². The van der Waals surface area contributed by atoms with Crippen molar-refractivity contribution in [2.24, 2.45) is 0 Å². The molecule has 1 fully saturated rings. The van der Waals surface area contributed by atoms with Crippen LogP contribution in [-0.4, -0.2) is 55.9 Å². The Bertz CT molecular complexity index is 271. The van der Waals surface area contributed by atoms with E-state index in [0.29, 0.717) is 32.5 Å². The Balaban J connectivity index is 2.40. The molecule has 0 spiro atoms. The van der Waals surface area contributed by atoms with Gasteiger partial charge in [-0.2, -0.15) is 0 Å². The summed E-state index contributed by atoms with van der Waals surface area (Å²) >= 11 is 0. The number of aliphatic hydroxyl groups excluding tert-OH is 1. The van der Waals surface area contributed by atoms with Gasteiger partial charge in [0.05, 0.1) is 11.9 Å². The zero-order valence-electron chi connectivity index (χ0n) is 9.15. The van der Waals surface area contributed by atoms with Crippen molar-refractivity contribution in [3.8, 4) is 0 Å². The van der Waals surface area contributed by atoms with Crippen LogP contribution in [0.25, 0.3) is 0 Å². The van der Waals surface area contributed by atoms with E-state index in [2.05, 4.69) is 5.32 Å². The highest BCUT2D eigenvalue weighted by atomic mass is 32.2. The van der Waals surface area contributed by atoms with Gasteiger partial charge in [0, 0.05) is 19.6 Å². The topological polar surface area (TPSA) is 69.6 Å². The monoisotopic (exact) mass is 236 g/mol. The van der Waals surface area contributed by atoms with Crippen LogP contribution in [0.2, 0.25) is 0 Å². The van der Waals surface area contributed by atoms with Crippen molar-refractivity contribution in [2.75, 3.05) is 31.9 Å². The molecular weight excluding hydrogens is 216 g/mol. The van der Waals surface area contributed by atoms with Gasteiger partial charge < -0.3 is 10.4 Å². The molecule has 0 aromatic heterocycles. The van der Waals surface area contributed by atoms with Gasteiger partial charge in [-0.05, 0) is 19.4 Å². The number of aliphatic hydroxyl groups is 1. The molecule has 0 unspecified atom stereocenters. The smallest absolute Gasteiger partial charge is 0.215 e. The summed E-state index contributed by atoms with van der Waals surface area (Å²) < 4.78 is 25.0. The van der Waals surface area contributed by atoms with Gasteiger partial charge in [0.1, 0.15) is 0 Å². The van der Waals surface area contributed by atoms with Crippen LogP contribution < -0.4 is 5.32 Å². The van der Waals surface area contributed by atoms with E-state index in [0.717, 1.165) is 6.54 Å². The molecule has 0 atom stereocenters. The summed E-state index contributed by atoms with van der Waals surface area (Å²) in [5.41, 5.74) is 0. The minimum atomic E-state index is -3.12. The van der Waals surface area contributed by atoms with Gasteiger partial charge >= 0.3 is 0 Å². The average molecular weight is 236 g/mol. The van der Waals surface area contributed by atoms with Crippen LogP contribution in [0.4, 0.5) is 0 Å². The second kappa shape index (κ2) is 5.79. The van der Waals surface area contributed by atoms with Crippen LogP contribution in [-0.2, 0) is 10.0 Å². The molecule has 15 heavy (non-hydrogen) atoms. The molecule has 1 saturated heterocycles. The Labute approximate surface area is 91.5 Å². The number of nitrogens with one attached hydrogen (secondary N) is 1. The lowest BCUT2D eigenvalue weighted by Gasteiger charge is -2.28. The van der Waals surface area contributed by atoms with E-state index in [1.807, 2.05) is 6.92 Å². The fourth-order valence-corrected chi connectivity index (χ4v) is 3.06. The third-order valence-electron chi connectivity index (χ3n) is 2.60. The van der Waals surface area contributed by atoms with Crippen LogP contribution in [0.15, 0.2) is 0 Å². The molecule has 0 aromatic rings. The van der Waals surface area contributed by atoms with Crippen LogP contribution in [0.5, 0.6) is 0 Å². The minimum Gasteiger partial charge on any atom is -0.393 e. The molecule has 2 N–H and O–H groups in total. The molecular formula is C9H20N2O3S. The summed E-state index contributed by atoms with van der Waals surface area (Å²) in [6.07, 6.45) is 0.783. The maximum Gasteiger partial charge on any atom is 0.215 e. The van der Waals surface area contributed by atoms with E-state index in [1.165, 1.54) is 4.31 Å². The maximum atomic E-state index is 11.8. The van der Waals surface area contributed by atoms with Gasteiger partial charge in [-0.3, -0.25) is 0 Å². The fraction of sp³-hybridized carbons (Fsp3) is 1.00. The lowest BCUT2D eigenvalue weighted by molar-refractivity contribution is 0.113. The van der Waals surface area contributed by atoms with Gasteiger partial charge in [-0.25, -0.2) is 12.7 Å². The van der Waals surface area contributed by atoms with E-state index >= 15 is 0 Å². The summed E-state index contributed by atoms with van der Waals surface area (Å²) in [5, 5.41) is 12.3. The first-order valence-electron chi connectivity index (χ1n) is 5.43. The molecule has 6 heteroatoms. The number of sulfonamides is 1. The Kier molecular flexibility index (Phi) is 4.98. The molecule has 0 bridgehead atoms. The Hall–Kier alpha value is -0.170. The van der Waals surface area contributed by atoms with Crippen molar-refractivity contribution in [3.63, 3.8) is 0 Å². The van der Waals surface area contributed by atoms with Crippen molar-refractivity contribution in [1.82, 2.24) is 9.62 Å². The molecule has 1 rings (SSSR count). The first kappa shape index (κ1) is 12.9. The third kappa shape index (κ3) is 4.06. The zero-order valence-corrected chi connectivity index (χ0v) is 9.96. The predicted octanol–water partition coefficient (Wildman–Crippen LogP) is -0.618. The molecule has 0 amide bonds. The summed E-state index contributed by atoms with van der Waals surface area (Å²) in [6, 6.07) is 0. The first-order valence-corrected chi connectivity index (χ1v) is 7.04. The molecule has 0 aliphatic carbocycles. The Morgan fingerprint density at radius 3 is 2.53 bits per heavy atom. The molecule has 0 radical (unpaired) electrons. The molecule has 0 saturated carbocycles.